The molecule has 0 saturated carbocycles. The number of halogens is 1. The fourth-order valence-corrected chi connectivity index (χ4v) is 2.49. The number of carbonyl (C=O) groups excluding carboxylic acids is 1. The number of amides is 1. The van der Waals surface area contributed by atoms with E-state index in [0.717, 1.165) is 16.6 Å². The Kier molecular flexibility index (Phi) is 4.26. The lowest BCUT2D eigenvalue weighted by Crippen LogP contribution is -2.22. The fourth-order valence-electron chi connectivity index (χ4n) is 2.31. The van der Waals surface area contributed by atoms with Crippen molar-refractivity contribution in [2.24, 2.45) is 0 Å². The molecule has 1 heterocycles. The number of hydrogen-bond acceptors (Lipinski definition) is 3. The second kappa shape index (κ2) is 6.34. The van der Waals surface area contributed by atoms with E-state index in [9.17, 15) is 4.79 Å². The van der Waals surface area contributed by atoms with Crippen LogP contribution in [0.1, 0.15) is 16.1 Å². The molecule has 23 heavy (non-hydrogen) atoms. The van der Waals surface area contributed by atoms with E-state index < -0.39 is 0 Å². The van der Waals surface area contributed by atoms with Crippen molar-refractivity contribution >= 4 is 34.2 Å². The highest BCUT2D eigenvalue weighted by Gasteiger charge is 2.12. The number of fused-ring (bicyclic) bond motifs is 1. The summed E-state index contributed by atoms with van der Waals surface area (Å²) in [5.74, 6) is 0.0428. The van der Waals surface area contributed by atoms with E-state index in [1.807, 2.05) is 43.3 Å². The Morgan fingerprint density at radius 3 is 2.57 bits per heavy atom. The number of nitrogens with zero attached hydrogens (tertiary/aromatic N) is 1. The Bertz CT molecular complexity index is 838. The first-order valence-electron chi connectivity index (χ1n) is 7.26. The van der Waals surface area contributed by atoms with E-state index in [4.69, 9.17) is 16.0 Å². The summed E-state index contributed by atoms with van der Waals surface area (Å²) in [5, 5.41) is 4.29. The van der Waals surface area contributed by atoms with Crippen LogP contribution in [0.25, 0.3) is 11.0 Å². The van der Waals surface area contributed by atoms with Crippen LogP contribution in [0.3, 0.4) is 0 Å². The summed E-state index contributed by atoms with van der Waals surface area (Å²) < 4.78 is 5.55. The highest BCUT2D eigenvalue weighted by Crippen LogP contribution is 2.23. The van der Waals surface area contributed by atoms with Crippen LogP contribution in [0, 0.1) is 0 Å². The molecule has 1 amide bonds. The molecular formula is C18H17ClN2O2. The van der Waals surface area contributed by atoms with Crippen molar-refractivity contribution in [2.45, 2.75) is 6.54 Å². The van der Waals surface area contributed by atoms with Gasteiger partial charge < -0.3 is 14.6 Å². The number of rotatable bonds is 4. The van der Waals surface area contributed by atoms with Gasteiger partial charge in [0.1, 0.15) is 5.58 Å². The SMILES string of the molecule is CN(C)c1ccc(CNC(=O)c2cc3cc(Cl)ccc3o2)cc1. The van der Waals surface area contributed by atoms with Crippen molar-refractivity contribution in [1.82, 2.24) is 5.32 Å². The van der Waals surface area contributed by atoms with Gasteiger partial charge in [-0.25, -0.2) is 0 Å². The molecular weight excluding hydrogens is 312 g/mol. The van der Waals surface area contributed by atoms with Crippen molar-refractivity contribution in [3.63, 3.8) is 0 Å². The Labute approximate surface area is 139 Å². The average molecular weight is 329 g/mol. The fraction of sp³-hybridized carbons (Fsp3) is 0.167. The number of carbonyl (C=O) groups is 1. The third-order valence-corrected chi connectivity index (χ3v) is 3.84. The molecule has 0 aliphatic carbocycles. The zero-order valence-corrected chi connectivity index (χ0v) is 13.7. The number of furan rings is 1. The molecule has 1 N–H and O–H groups in total. The van der Waals surface area contributed by atoms with Crippen LogP contribution < -0.4 is 10.2 Å². The summed E-state index contributed by atoms with van der Waals surface area (Å²) in [6.45, 7) is 0.449. The predicted molar refractivity (Wildman–Crippen MR) is 93.2 cm³/mol. The Morgan fingerprint density at radius 2 is 1.87 bits per heavy atom. The molecule has 1 aromatic heterocycles. The predicted octanol–water partition coefficient (Wildman–Crippen LogP) is 4.08. The summed E-state index contributed by atoms with van der Waals surface area (Å²) in [5.41, 5.74) is 2.80. The van der Waals surface area contributed by atoms with Crippen LogP contribution in [0.4, 0.5) is 5.69 Å². The largest absolute Gasteiger partial charge is 0.451 e. The van der Waals surface area contributed by atoms with E-state index in [1.54, 1.807) is 24.3 Å². The summed E-state index contributed by atoms with van der Waals surface area (Å²) in [7, 11) is 3.98. The molecule has 118 valence electrons. The summed E-state index contributed by atoms with van der Waals surface area (Å²) in [6.07, 6.45) is 0. The number of nitrogens with one attached hydrogen (secondary N) is 1. The molecule has 5 heteroatoms. The van der Waals surface area contributed by atoms with E-state index in [1.165, 1.54) is 0 Å². The van der Waals surface area contributed by atoms with Gasteiger partial charge in [0.2, 0.25) is 0 Å². The van der Waals surface area contributed by atoms with Crippen LogP contribution in [-0.4, -0.2) is 20.0 Å². The van der Waals surface area contributed by atoms with E-state index in [-0.39, 0.29) is 11.7 Å². The second-order valence-electron chi connectivity index (χ2n) is 5.54. The van der Waals surface area contributed by atoms with Crippen molar-refractivity contribution < 1.29 is 9.21 Å². The Balaban J connectivity index is 1.68. The van der Waals surface area contributed by atoms with Gasteiger partial charge in [-0.3, -0.25) is 4.79 Å². The van der Waals surface area contributed by atoms with Gasteiger partial charge in [-0.15, -0.1) is 0 Å². The minimum atomic E-state index is -0.242. The lowest BCUT2D eigenvalue weighted by Gasteiger charge is -2.12. The summed E-state index contributed by atoms with van der Waals surface area (Å²) >= 11 is 5.94. The minimum absolute atomic E-state index is 0.242. The topological polar surface area (TPSA) is 45.5 Å². The third-order valence-electron chi connectivity index (χ3n) is 3.61. The van der Waals surface area contributed by atoms with Crippen LogP contribution >= 0.6 is 11.6 Å². The lowest BCUT2D eigenvalue weighted by atomic mass is 10.2. The number of benzene rings is 2. The van der Waals surface area contributed by atoms with E-state index in [0.29, 0.717) is 17.2 Å². The molecule has 0 fully saturated rings. The molecule has 0 spiro atoms. The molecule has 0 radical (unpaired) electrons. The van der Waals surface area contributed by atoms with Crippen LogP contribution in [0.2, 0.25) is 5.02 Å². The third kappa shape index (κ3) is 3.48. The first-order valence-corrected chi connectivity index (χ1v) is 7.64. The zero-order chi connectivity index (χ0) is 16.4. The van der Waals surface area contributed by atoms with Gasteiger partial charge in [-0.2, -0.15) is 0 Å². The van der Waals surface area contributed by atoms with Crippen molar-refractivity contribution in [2.75, 3.05) is 19.0 Å². The molecule has 0 aliphatic rings. The van der Waals surface area contributed by atoms with Gasteiger partial charge in [-0.05, 0) is 42.0 Å². The highest BCUT2D eigenvalue weighted by atomic mass is 35.5. The monoisotopic (exact) mass is 328 g/mol. The standard InChI is InChI=1S/C18H17ClN2O2/c1-21(2)15-6-3-12(4-7-15)11-20-18(22)17-10-13-9-14(19)5-8-16(13)23-17/h3-10H,11H2,1-2H3,(H,20,22). The quantitative estimate of drug-likeness (QED) is 0.785. The van der Waals surface area contributed by atoms with Gasteiger partial charge in [0, 0.05) is 36.7 Å². The molecule has 0 bridgehead atoms. The molecule has 4 nitrogen and oxygen atoms in total. The maximum Gasteiger partial charge on any atom is 0.287 e. The molecule has 0 saturated heterocycles. The highest BCUT2D eigenvalue weighted by molar-refractivity contribution is 6.31. The number of hydrogen-bond donors (Lipinski definition) is 1. The molecule has 0 aliphatic heterocycles. The summed E-state index contributed by atoms with van der Waals surface area (Å²) in [6, 6.07) is 15.0. The second-order valence-corrected chi connectivity index (χ2v) is 5.97. The van der Waals surface area contributed by atoms with E-state index in [2.05, 4.69) is 5.32 Å². The minimum Gasteiger partial charge on any atom is -0.451 e. The normalized spacial score (nSPS) is 10.7. The van der Waals surface area contributed by atoms with Crippen molar-refractivity contribution in [3.8, 4) is 0 Å². The molecule has 0 unspecified atom stereocenters. The maximum atomic E-state index is 12.2. The molecule has 3 rings (SSSR count). The number of anilines is 1. The van der Waals surface area contributed by atoms with Gasteiger partial charge in [-0.1, -0.05) is 23.7 Å². The van der Waals surface area contributed by atoms with Crippen LogP contribution in [0.5, 0.6) is 0 Å². The molecule has 3 aromatic rings. The van der Waals surface area contributed by atoms with Gasteiger partial charge >= 0.3 is 0 Å². The maximum absolute atomic E-state index is 12.2. The van der Waals surface area contributed by atoms with Gasteiger partial charge in [0.05, 0.1) is 0 Å². The smallest absolute Gasteiger partial charge is 0.287 e. The lowest BCUT2D eigenvalue weighted by molar-refractivity contribution is 0.0925. The van der Waals surface area contributed by atoms with Crippen LogP contribution in [-0.2, 0) is 6.54 Å². The van der Waals surface area contributed by atoms with Gasteiger partial charge in [0.25, 0.3) is 5.91 Å². The first-order chi connectivity index (χ1) is 11.0. The Morgan fingerprint density at radius 1 is 1.13 bits per heavy atom. The van der Waals surface area contributed by atoms with E-state index >= 15 is 0 Å². The van der Waals surface area contributed by atoms with Crippen molar-refractivity contribution in [3.05, 3.63) is 64.9 Å². The molecule has 2 aromatic carbocycles. The first kappa shape index (κ1) is 15.4. The average Bonchev–Trinajstić information content (AvgIpc) is 2.96. The Hall–Kier alpha value is -2.46. The molecule has 0 atom stereocenters. The van der Waals surface area contributed by atoms with Crippen LogP contribution in [0.15, 0.2) is 52.9 Å². The summed E-state index contributed by atoms with van der Waals surface area (Å²) in [4.78, 5) is 14.2. The van der Waals surface area contributed by atoms with Gasteiger partial charge in [0.15, 0.2) is 5.76 Å². The zero-order valence-electron chi connectivity index (χ0n) is 13.0. The van der Waals surface area contributed by atoms with Crippen molar-refractivity contribution in [1.29, 1.82) is 0 Å².